The molecule has 1 aromatic rings. The molecule has 19 heavy (non-hydrogen) atoms. The van der Waals surface area contributed by atoms with E-state index in [1.54, 1.807) is 11.2 Å². The molecule has 5 heteroatoms. The second kappa shape index (κ2) is 6.77. The van der Waals surface area contributed by atoms with Gasteiger partial charge in [-0.05, 0) is 37.8 Å². The third-order valence-electron chi connectivity index (χ3n) is 3.47. The van der Waals surface area contributed by atoms with Crippen LogP contribution in [-0.2, 0) is 10.0 Å². The van der Waals surface area contributed by atoms with Gasteiger partial charge in [0.15, 0.2) is 0 Å². The summed E-state index contributed by atoms with van der Waals surface area (Å²) in [4.78, 5) is 1.26. The molecule has 1 fully saturated rings. The molecule has 0 aliphatic carbocycles. The standard InChI is InChI=1S/C14H21NO2S2/c1-2-19(16,17)15-10-6-7-13(11-15)12-18-14-8-4-3-5-9-14/h3-5,8-9,13H,2,6-7,10-12H2,1H3. The molecule has 0 saturated carbocycles. The maximum Gasteiger partial charge on any atom is 0.213 e. The third kappa shape index (κ3) is 4.23. The van der Waals surface area contributed by atoms with E-state index in [0.29, 0.717) is 19.0 Å². The van der Waals surface area contributed by atoms with Crippen molar-refractivity contribution in [3.63, 3.8) is 0 Å². The van der Waals surface area contributed by atoms with E-state index in [4.69, 9.17) is 0 Å². The van der Waals surface area contributed by atoms with Crippen molar-refractivity contribution in [2.45, 2.75) is 24.7 Å². The van der Waals surface area contributed by atoms with Gasteiger partial charge in [0, 0.05) is 23.7 Å². The predicted molar refractivity (Wildman–Crippen MR) is 80.9 cm³/mol. The van der Waals surface area contributed by atoms with Gasteiger partial charge in [0.1, 0.15) is 0 Å². The Morgan fingerprint density at radius 3 is 2.74 bits per heavy atom. The zero-order valence-corrected chi connectivity index (χ0v) is 12.9. The minimum atomic E-state index is -3.01. The summed E-state index contributed by atoms with van der Waals surface area (Å²) in [6.45, 7) is 3.11. The second-order valence-electron chi connectivity index (χ2n) is 4.89. The molecule has 0 bridgehead atoms. The largest absolute Gasteiger partial charge is 0.213 e. The Hall–Kier alpha value is -0.520. The topological polar surface area (TPSA) is 37.4 Å². The molecule has 0 aromatic heterocycles. The molecular weight excluding hydrogens is 278 g/mol. The molecular formula is C14H21NO2S2. The van der Waals surface area contributed by atoms with Gasteiger partial charge in [-0.2, -0.15) is 0 Å². The molecule has 1 heterocycles. The predicted octanol–water partition coefficient (Wildman–Crippen LogP) is 2.84. The molecule has 1 saturated heterocycles. The first-order valence-electron chi connectivity index (χ1n) is 6.77. The minimum Gasteiger partial charge on any atom is -0.212 e. The second-order valence-corrected chi connectivity index (χ2v) is 8.24. The molecule has 1 atom stereocenters. The number of piperidine rings is 1. The molecule has 3 nitrogen and oxygen atoms in total. The number of rotatable bonds is 5. The van der Waals surface area contributed by atoms with Crippen LogP contribution in [0.2, 0.25) is 0 Å². The van der Waals surface area contributed by atoms with Crippen molar-refractivity contribution in [3.05, 3.63) is 30.3 Å². The van der Waals surface area contributed by atoms with E-state index >= 15 is 0 Å². The van der Waals surface area contributed by atoms with Gasteiger partial charge in [-0.3, -0.25) is 0 Å². The van der Waals surface area contributed by atoms with Crippen LogP contribution in [0.3, 0.4) is 0 Å². The minimum absolute atomic E-state index is 0.214. The average molecular weight is 299 g/mol. The number of thioether (sulfide) groups is 1. The van der Waals surface area contributed by atoms with E-state index in [1.165, 1.54) is 4.90 Å². The van der Waals surface area contributed by atoms with Crippen LogP contribution in [0, 0.1) is 5.92 Å². The van der Waals surface area contributed by atoms with Gasteiger partial charge in [0.25, 0.3) is 0 Å². The Bertz CT molecular complexity index is 487. The highest BCUT2D eigenvalue weighted by molar-refractivity contribution is 7.99. The van der Waals surface area contributed by atoms with Crippen LogP contribution in [0.1, 0.15) is 19.8 Å². The molecule has 0 amide bonds. The summed E-state index contributed by atoms with van der Waals surface area (Å²) in [5.74, 6) is 1.69. The molecule has 0 spiro atoms. The van der Waals surface area contributed by atoms with Crippen LogP contribution < -0.4 is 0 Å². The molecule has 0 radical (unpaired) electrons. The summed E-state index contributed by atoms with van der Waals surface area (Å²) in [6.07, 6.45) is 2.12. The number of benzene rings is 1. The maximum atomic E-state index is 11.9. The van der Waals surface area contributed by atoms with E-state index in [-0.39, 0.29) is 5.75 Å². The van der Waals surface area contributed by atoms with E-state index in [1.807, 2.05) is 30.0 Å². The van der Waals surface area contributed by atoms with Crippen molar-refractivity contribution >= 4 is 21.8 Å². The quantitative estimate of drug-likeness (QED) is 0.785. The van der Waals surface area contributed by atoms with Crippen molar-refractivity contribution in [2.24, 2.45) is 5.92 Å². The fraction of sp³-hybridized carbons (Fsp3) is 0.571. The van der Waals surface area contributed by atoms with Crippen LogP contribution in [0.4, 0.5) is 0 Å². The fourth-order valence-corrected chi connectivity index (χ4v) is 4.59. The summed E-state index contributed by atoms with van der Waals surface area (Å²) >= 11 is 1.83. The first kappa shape index (κ1) is 14.9. The van der Waals surface area contributed by atoms with E-state index in [9.17, 15) is 8.42 Å². The Labute approximate surface area is 120 Å². The number of hydrogen-bond donors (Lipinski definition) is 0. The van der Waals surface area contributed by atoms with Gasteiger partial charge < -0.3 is 0 Å². The summed E-state index contributed by atoms with van der Waals surface area (Å²) in [5, 5.41) is 0. The van der Waals surface area contributed by atoms with Crippen molar-refractivity contribution < 1.29 is 8.42 Å². The lowest BCUT2D eigenvalue weighted by Gasteiger charge is -2.31. The highest BCUT2D eigenvalue weighted by atomic mass is 32.2. The van der Waals surface area contributed by atoms with E-state index in [0.717, 1.165) is 18.6 Å². The van der Waals surface area contributed by atoms with Crippen LogP contribution in [0.5, 0.6) is 0 Å². The summed E-state index contributed by atoms with van der Waals surface area (Å²) in [6, 6.07) is 10.3. The molecule has 106 valence electrons. The first-order chi connectivity index (χ1) is 9.12. The lowest BCUT2D eigenvalue weighted by atomic mass is 10.0. The molecule has 0 N–H and O–H groups in total. The van der Waals surface area contributed by atoms with Gasteiger partial charge >= 0.3 is 0 Å². The van der Waals surface area contributed by atoms with Crippen LogP contribution in [0.15, 0.2) is 35.2 Å². The molecule has 1 aliphatic heterocycles. The van der Waals surface area contributed by atoms with Crippen LogP contribution in [-0.4, -0.2) is 37.3 Å². The summed E-state index contributed by atoms with van der Waals surface area (Å²) in [7, 11) is -3.01. The van der Waals surface area contributed by atoms with E-state index < -0.39 is 10.0 Å². The van der Waals surface area contributed by atoms with Gasteiger partial charge in [0.05, 0.1) is 5.75 Å². The highest BCUT2D eigenvalue weighted by Gasteiger charge is 2.27. The van der Waals surface area contributed by atoms with Crippen molar-refractivity contribution in [1.82, 2.24) is 4.31 Å². The molecule has 1 aromatic carbocycles. The van der Waals surface area contributed by atoms with Gasteiger partial charge in [-0.1, -0.05) is 18.2 Å². The number of hydrogen-bond acceptors (Lipinski definition) is 3. The van der Waals surface area contributed by atoms with Gasteiger partial charge in [-0.15, -0.1) is 11.8 Å². The zero-order chi connectivity index (χ0) is 13.7. The molecule has 1 aliphatic rings. The Balaban J connectivity index is 1.88. The smallest absolute Gasteiger partial charge is 0.212 e. The SMILES string of the molecule is CCS(=O)(=O)N1CCCC(CSc2ccccc2)C1. The summed E-state index contributed by atoms with van der Waals surface area (Å²) < 4.78 is 25.5. The Kier molecular flexibility index (Phi) is 5.30. The van der Waals surface area contributed by atoms with Gasteiger partial charge in [0.2, 0.25) is 10.0 Å². The third-order valence-corrected chi connectivity index (χ3v) is 6.56. The Morgan fingerprint density at radius 2 is 2.05 bits per heavy atom. The number of sulfonamides is 1. The Morgan fingerprint density at radius 1 is 1.32 bits per heavy atom. The van der Waals surface area contributed by atoms with Crippen molar-refractivity contribution in [2.75, 3.05) is 24.6 Å². The summed E-state index contributed by atoms with van der Waals surface area (Å²) in [5.41, 5.74) is 0. The zero-order valence-electron chi connectivity index (χ0n) is 11.3. The monoisotopic (exact) mass is 299 g/mol. The maximum absolute atomic E-state index is 11.9. The van der Waals surface area contributed by atoms with Crippen LogP contribution in [0.25, 0.3) is 0 Å². The van der Waals surface area contributed by atoms with Crippen molar-refractivity contribution in [3.8, 4) is 0 Å². The number of nitrogens with zero attached hydrogens (tertiary/aromatic N) is 1. The molecule has 1 unspecified atom stereocenters. The lowest BCUT2D eigenvalue weighted by molar-refractivity contribution is 0.285. The van der Waals surface area contributed by atoms with Crippen LogP contribution >= 0.6 is 11.8 Å². The van der Waals surface area contributed by atoms with Gasteiger partial charge in [-0.25, -0.2) is 12.7 Å². The molecule has 2 rings (SSSR count). The normalized spacial score (nSPS) is 21.4. The first-order valence-corrected chi connectivity index (χ1v) is 9.37. The highest BCUT2D eigenvalue weighted by Crippen LogP contribution is 2.26. The fourth-order valence-electron chi connectivity index (χ4n) is 2.33. The van der Waals surface area contributed by atoms with Crippen molar-refractivity contribution in [1.29, 1.82) is 0 Å². The van der Waals surface area contributed by atoms with E-state index in [2.05, 4.69) is 12.1 Å². The average Bonchev–Trinajstić information content (AvgIpc) is 2.46. The lowest BCUT2D eigenvalue weighted by Crippen LogP contribution is -2.41.